The smallest absolute Gasteiger partial charge is 0.203 e. The van der Waals surface area contributed by atoms with Gasteiger partial charge in [-0.1, -0.05) is 0 Å². The van der Waals surface area contributed by atoms with Crippen molar-refractivity contribution in [3.8, 4) is 0 Å². The normalized spacial score (nSPS) is 28.0. The van der Waals surface area contributed by atoms with Gasteiger partial charge in [0.15, 0.2) is 0 Å². The molecule has 0 aromatic carbocycles. The fraction of sp³-hybridized carbons (Fsp3) is 0.769. The van der Waals surface area contributed by atoms with E-state index in [-0.39, 0.29) is 5.60 Å². The first-order chi connectivity index (χ1) is 8.14. The molecule has 3 rings (SSSR count). The molecule has 2 heterocycles. The summed E-state index contributed by atoms with van der Waals surface area (Å²) in [5.74, 6) is 1.04. The van der Waals surface area contributed by atoms with Crippen molar-refractivity contribution in [2.75, 3.05) is 11.9 Å². The predicted molar refractivity (Wildman–Crippen MR) is 67.2 cm³/mol. The first-order valence-corrected chi connectivity index (χ1v) is 6.57. The van der Waals surface area contributed by atoms with Gasteiger partial charge in [0.2, 0.25) is 5.95 Å². The Hall–Kier alpha value is -1.03. The molecule has 1 aromatic rings. The zero-order valence-electron chi connectivity index (χ0n) is 10.6. The lowest BCUT2D eigenvalue weighted by Gasteiger charge is -2.36. The summed E-state index contributed by atoms with van der Waals surface area (Å²) in [6, 6.07) is 1.17. The van der Waals surface area contributed by atoms with E-state index in [0.29, 0.717) is 12.1 Å². The molecule has 1 atom stereocenters. The zero-order chi connectivity index (χ0) is 11.9. The van der Waals surface area contributed by atoms with Gasteiger partial charge in [-0.25, -0.2) is 4.98 Å². The van der Waals surface area contributed by atoms with E-state index >= 15 is 0 Å². The molecule has 1 aromatic heterocycles. The van der Waals surface area contributed by atoms with Gasteiger partial charge in [0.1, 0.15) is 0 Å². The third-order valence-corrected chi connectivity index (χ3v) is 3.64. The lowest BCUT2D eigenvalue weighted by atomic mass is 9.94. The van der Waals surface area contributed by atoms with Gasteiger partial charge in [0.05, 0.1) is 5.60 Å². The van der Waals surface area contributed by atoms with Crippen molar-refractivity contribution in [3.05, 3.63) is 12.4 Å². The molecule has 1 aliphatic heterocycles. The fourth-order valence-corrected chi connectivity index (χ4v) is 2.61. The molecule has 4 nitrogen and oxygen atoms in total. The lowest BCUT2D eigenvalue weighted by molar-refractivity contribution is -0.0554. The third-order valence-electron chi connectivity index (χ3n) is 3.64. The number of nitrogens with zero attached hydrogens (tertiary/aromatic N) is 2. The summed E-state index contributed by atoms with van der Waals surface area (Å²) in [6.45, 7) is 5.16. The van der Waals surface area contributed by atoms with Crippen LogP contribution in [0.15, 0.2) is 12.4 Å². The highest BCUT2D eigenvalue weighted by Crippen LogP contribution is 2.37. The molecule has 1 saturated heterocycles. The van der Waals surface area contributed by atoms with E-state index in [4.69, 9.17) is 4.74 Å². The monoisotopic (exact) mass is 235 g/mol. The highest BCUT2D eigenvalue weighted by atomic mass is 16.5. The van der Waals surface area contributed by atoms with Crippen molar-refractivity contribution in [1.82, 2.24) is 9.55 Å². The Morgan fingerprint density at radius 3 is 2.94 bits per heavy atom. The number of anilines is 1. The van der Waals surface area contributed by atoms with Gasteiger partial charge in [0, 0.05) is 31.1 Å². The second-order valence-electron chi connectivity index (χ2n) is 5.83. The number of rotatable bonds is 3. The minimum Gasteiger partial charge on any atom is -0.375 e. The molecule has 4 heteroatoms. The van der Waals surface area contributed by atoms with E-state index in [1.807, 2.05) is 6.20 Å². The maximum absolute atomic E-state index is 5.74. The predicted octanol–water partition coefficient (Wildman–Crippen LogP) is 2.59. The summed E-state index contributed by atoms with van der Waals surface area (Å²) >= 11 is 0. The maximum Gasteiger partial charge on any atom is 0.203 e. The Balaban J connectivity index is 1.67. The first-order valence-electron chi connectivity index (χ1n) is 6.57. The maximum atomic E-state index is 5.74. The van der Waals surface area contributed by atoms with E-state index < -0.39 is 0 Å². The molecule has 0 amide bonds. The summed E-state index contributed by atoms with van der Waals surface area (Å²) in [5.41, 5.74) is -0.00702. The second kappa shape index (κ2) is 4.02. The average molecular weight is 235 g/mol. The molecule has 1 N–H and O–H groups in total. The van der Waals surface area contributed by atoms with Gasteiger partial charge in [-0.15, -0.1) is 0 Å². The van der Waals surface area contributed by atoms with E-state index in [0.717, 1.165) is 25.4 Å². The quantitative estimate of drug-likeness (QED) is 0.875. The number of nitrogens with one attached hydrogen (secondary N) is 1. The van der Waals surface area contributed by atoms with Crippen LogP contribution in [0, 0.1) is 0 Å². The number of hydrogen-bond acceptors (Lipinski definition) is 3. The van der Waals surface area contributed by atoms with Gasteiger partial charge in [-0.3, -0.25) is 0 Å². The highest BCUT2D eigenvalue weighted by molar-refractivity contribution is 5.29. The molecule has 2 fully saturated rings. The number of ether oxygens (including phenoxy) is 1. The van der Waals surface area contributed by atoms with E-state index in [1.165, 1.54) is 12.8 Å². The standard InChI is InChI=1S/C13H21N3O/c1-13(2)9-10(5-8-17-13)15-12-14-6-7-16(12)11-3-4-11/h6-7,10-11H,3-5,8-9H2,1-2H3,(H,14,15). The minimum atomic E-state index is -0.00702. The average Bonchev–Trinajstić information content (AvgIpc) is 2.99. The van der Waals surface area contributed by atoms with Crippen LogP contribution in [0.25, 0.3) is 0 Å². The minimum absolute atomic E-state index is 0.00702. The van der Waals surface area contributed by atoms with E-state index in [2.05, 4.69) is 34.9 Å². The van der Waals surface area contributed by atoms with Crippen LogP contribution in [0.2, 0.25) is 0 Å². The van der Waals surface area contributed by atoms with E-state index in [1.54, 1.807) is 0 Å². The SMILES string of the molecule is CC1(C)CC(Nc2nccn2C2CC2)CCO1. The van der Waals surface area contributed by atoms with Crippen molar-refractivity contribution in [1.29, 1.82) is 0 Å². The van der Waals surface area contributed by atoms with Crippen LogP contribution in [0.5, 0.6) is 0 Å². The van der Waals surface area contributed by atoms with Crippen molar-refractivity contribution in [2.45, 2.75) is 57.2 Å². The van der Waals surface area contributed by atoms with Crippen LogP contribution in [-0.4, -0.2) is 27.8 Å². The van der Waals surface area contributed by atoms with Crippen molar-refractivity contribution < 1.29 is 4.74 Å². The van der Waals surface area contributed by atoms with Gasteiger partial charge in [-0.05, 0) is 39.5 Å². The molecule has 0 bridgehead atoms. The largest absolute Gasteiger partial charge is 0.375 e. The lowest BCUT2D eigenvalue weighted by Crippen LogP contribution is -2.40. The molecule has 1 unspecified atom stereocenters. The first kappa shape index (κ1) is 11.1. The van der Waals surface area contributed by atoms with Gasteiger partial charge >= 0.3 is 0 Å². The summed E-state index contributed by atoms with van der Waals surface area (Å²) in [7, 11) is 0. The Kier molecular flexibility index (Phi) is 2.62. The van der Waals surface area contributed by atoms with Crippen molar-refractivity contribution in [3.63, 3.8) is 0 Å². The summed E-state index contributed by atoms with van der Waals surface area (Å²) < 4.78 is 8.02. The topological polar surface area (TPSA) is 39.1 Å². The number of imidazole rings is 1. The van der Waals surface area contributed by atoms with Crippen molar-refractivity contribution in [2.24, 2.45) is 0 Å². The molecule has 94 valence electrons. The molecular formula is C13H21N3O. The second-order valence-corrected chi connectivity index (χ2v) is 5.83. The van der Waals surface area contributed by atoms with Gasteiger partial charge in [0.25, 0.3) is 0 Å². The summed E-state index contributed by atoms with van der Waals surface area (Å²) in [4.78, 5) is 4.43. The Labute approximate surface area is 102 Å². The van der Waals surface area contributed by atoms with Crippen LogP contribution in [0.1, 0.15) is 45.6 Å². The van der Waals surface area contributed by atoms with Crippen LogP contribution in [0.3, 0.4) is 0 Å². The molecule has 17 heavy (non-hydrogen) atoms. The molecular weight excluding hydrogens is 214 g/mol. The van der Waals surface area contributed by atoms with Crippen molar-refractivity contribution >= 4 is 5.95 Å². The van der Waals surface area contributed by atoms with Crippen LogP contribution >= 0.6 is 0 Å². The summed E-state index contributed by atoms with van der Waals surface area (Å²) in [5, 5.41) is 3.58. The Morgan fingerprint density at radius 2 is 2.24 bits per heavy atom. The van der Waals surface area contributed by atoms with Crippen LogP contribution < -0.4 is 5.32 Å². The molecule has 1 saturated carbocycles. The molecule has 2 aliphatic rings. The fourth-order valence-electron chi connectivity index (χ4n) is 2.61. The summed E-state index contributed by atoms with van der Waals surface area (Å²) in [6.07, 6.45) is 8.69. The van der Waals surface area contributed by atoms with Crippen LogP contribution in [0.4, 0.5) is 5.95 Å². The third kappa shape index (κ3) is 2.46. The highest BCUT2D eigenvalue weighted by Gasteiger charge is 2.31. The van der Waals surface area contributed by atoms with Crippen LogP contribution in [-0.2, 0) is 4.74 Å². The van der Waals surface area contributed by atoms with Gasteiger partial charge in [-0.2, -0.15) is 0 Å². The Bertz CT molecular complexity index is 395. The zero-order valence-corrected chi connectivity index (χ0v) is 10.6. The molecule has 0 radical (unpaired) electrons. The number of hydrogen-bond donors (Lipinski definition) is 1. The molecule has 1 aliphatic carbocycles. The van der Waals surface area contributed by atoms with Gasteiger partial charge < -0.3 is 14.6 Å². The molecule has 0 spiro atoms. The van der Waals surface area contributed by atoms with E-state index in [9.17, 15) is 0 Å². The number of aromatic nitrogens is 2. The Morgan fingerprint density at radius 1 is 1.41 bits per heavy atom.